The molecule has 1 aromatic heterocycles. The Morgan fingerprint density at radius 2 is 2.10 bits per heavy atom. The van der Waals surface area contributed by atoms with E-state index in [1.165, 1.54) is 11.0 Å². The first-order valence-electron chi connectivity index (χ1n) is 6.32. The number of carboxylic acids is 1. The Hall–Kier alpha value is -1.45. The van der Waals surface area contributed by atoms with Gasteiger partial charge in [-0.05, 0) is 17.9 Å². The molecule has 0 saturated carbocycles. The maximum absolute atomic E-state index is 11.8. The minimum Gasteiger partial charge on any atom is -0.481 e. The summed E-state index contributed by atoms with van der Waals surface area (Å²) in [5.74, 6) is -1.13. The molecular weight excluding hydrogens is 316 g/mol. The van der Waals surface area contributed by atoms with E-state index in [9.17, 15) is 18.0 Å². The summed E-state index contributed by atoms with van der Waals surface area (Å²) < 4.78 is 26.2. The number of thiophene rings is 1. The van der Waals surface area contributed by atoms with Gasteiger partial charge in [-0.1, -0.05) is 6.07 Å². The standard InChI is InChI=1S/C12H18N2O5S2/c1-14(8-2-4-11(16)17)10(15)6-7-13-21(18,19)12-5-3-9-20-12/h3,5,9,13H,2,4,6-8H2,1H3,(H,16,17). The zero-order chi connectivity index (χ0) is 15.9. The number of aliphatic carboxylic acids is 1. The Kier molecular flexibility index (Phi) is 6.79. The van der Waals surface area contributed by atoms with Crippen molar-refractivity contribution in [1.82, 2.24) is 9.62 Å². The lowest BCUT2D eigenvalue weighted by Gasteiger charge is -2.16. The van der Waals surface area contributed by atoms with Crippen LogP contribution in [-0.4, -0.2) is 50.4 Å². The summed E-state index contributed by atoms with van der Waals surface area (Å²) in [7, 11) is -1.98. The van der Waals surface area contributed by atoms with Crippen molar-refractivity contribution in [2.75, 3.05) is 20.1 Å². The van der Waals surface area contributed by atoms with E-state index in [2.05, 4.69) is 4.72 Å². The number of hydrogen-bond donors (Lipinski definition) is 2. The average Bonchev–Trinajstić information content (AvgIpc) is 2.92. The number of nitrogens with one attached hydrogen (secondary N) is 1. The number of hydrogen-bond acceptors (Lipinski definition) is 5. The summed E-state index contributed by atoms with van der Waals surface area (Å²) in [4.78, 5) is 23.5. The average molecular weight is 334 g/mol. The van der Waals surface area contributed by atoms with Crippen LogP contribution in [0.5, 0.6) is 0 Å². The van der Waals surface area contributed by atoms with Gasteiger partial charge >= 0.3 is 5.97 Å². The summed E-state index contributed by atoms with van der Waals surface area (Å²) in [6.45, 7) is 0.352. The highest BCUT2D eigenvalue weighted by molar-refractivity contribution is 7.91. The Labute approximate surface area is 127 Å². The third kappa shape index (κ3) is 6.23. The molecule has 21 heavy (non-hydrogen) atoms. The van der Waals surface area contributed by atoms with Gasteiger partial charge in [-0.2, -0.15) is 0 Å². The quantitative estimate of drug-likeness (QED) is 0.693. The van der Waals surface area contributed by atoms with Crippen molar-refractivity contribution in [3.8, 4) is 0 Å². The van der Waals surface area contributed by atoms with Gasteiger partial charge in [0.15, 0.2) is 0 Å². The maximum atomic E-state index is 11.8. The number of carbonyl (C=O) groups is 2. The van der Waals surface area contributed by atoms with E-state index < -0.39 is 16.0 Å². The molecule has 0 unspecified atom stereocenters. The van der Waals surface area contributed by atoms with E-state index >= 15 is 0 Å². The van der Waals surface area contributed by atoms with Gasteiger partial charge in [0.2, 0.25) is 15.9 Å². The topological polar surface area (TPSA) is 104 Å². The van der Waals surface area contributed by atoms with Crippen LogP contribution >= 0.6 is 11.3 Å². The first-order valence-corrected chi connectivity index (χ1v) is 8.68. The molecule has 0 aliphatic heterocycles. The Morgan fingerprint density at radius 1 is 1.38 bits per heavy atom. The summed E-state index contributed by atoms with van der Waals surface area (Å²) >= 11 is 1.11. The summed E-state index contributed by atoms with van der Waals surface area (Å²) in [6.07, 6.45) is 0.412. The SMILES string of the molecule is CN(CCCC(=O)O)C(=O)CCNS(=O)(=O)c1cccs1. The molecule has 118 valence electrons. The second-order valence-corrected chi connectivity index (χ2v) is 7.33. The lowest BCUT2D eigenvalue weighted by Crippen LogP contribution is -2.32. The predicted molar refractivity (Wildman–Crippen MR) is 78.6 cm³/mol. The molecule has 0 aromatic carbocycles. The number of carbonyl (C=O) groups excluding carboxylic acids is 1. The van der Waals surface area contributed by atoms with Crippen molar-refractivity contribution in [1.29, 1.82) is 0 Å². The molecule has 0 fully saturated rings. The van der Waals surface area contributed by atoms with Crippen molar-refractivity contribution < 1.29 is 23.1 Å². The van der Waals surface area contributed by atoms with Crippen LogP contribution in [0.1, 0.15) is 19.3 Å². The highest BCUT2D eigenvalue weighted by Crippen LogP contribution is 2.15. The minimum absolute atomic E-state index is 0.00261. The van der Waals surface area contributed by atoms with Crippen LogP contribution in [0.25, 0.3) is 0 Å². The van der Waals surface area contributed by atoms with Gasteiger partial charge in [0.05, 0.1) is 0 Å². The second kappa shape index (κ2) is 8.11. The first kappa shape index (κ1) is 17.6. The molecule has 0 radical (unpaired) electrons. The molecule has 0 spiro atoms. The molecule has 0 saturated heterocycles. The molecule has 0 bridgehead atoms. The number of nitrogens with zero attached hydrogens (tertiary/aromatic N) is 1. The van der Waals surface area contributed by atoms with Gasteiger partial charge in [0.25, 0.3) is 0 Å². The van der Waals surface area contributed by atoms with Crippen LogP contribution in [-0.2, 0) is 19.6 Å². The molecule has 1 heterocycles. The Bertz CT molecular complexity index is 568. The van der Waals surface area contributed by atoms with Crippen molar-refractivity contribution >= 4 is 33.2 Å². The van der Waals surface area contributed by atoms with Crippen LogP contribution in [0.3, 0.4) is 0 Å². The highest BCUT2D eigenvalue weighted by Gasteiger charge is 2.16. The van der Waals surface area contributed by atoms with E-state index in [4.69, 9.17) is 5.11 Å². The number of sulfonamides is 1. The van der Waals surface area contributed by atoms with Gasteiger partial charge in [0, 0.05) is 33.0 Å². The lowest BCUT2D eigenvalue weighted by molar-refractivity contribution is -0.138. The molecular formula is C12H18N2O5S2. The highest BCUT2D eigenvalue weighted by atomic mass is 32.2. The van der Waals surface area contributed by atoms with Gasteiger partial charge in [0.1, 0.15) is 4.21 Å². The maximum Gasteiger partial charge on any atom is 0.303 e. The summed E-state index contributed by atoms with van der Waals surface area (Å²) in [5.41, 5.74) is 0. The molecule has 0 atom stereocenters. The van der Waals surface area contributed by atoms with E-state index in [0.717, 1.165) is 11.3 Å². The van der Waals surface area contributed by atoms with Crippen LogP contribution in [0.2, 0.25) is 0 Å². The Morgan fingerprint density at radius 3 is 2.67 bits per heavy atom. The first-order chi connectivity index (χ1) is 9.83. The van der Waals surface area contributed by atoms with Gasteiger partial charge in [-0.25, -0.2) is 13.1 Å². The van der Waals surface area contributed by atoms with Crippen molar-refractivity contribution in [2.45, 2.75) is 23.5 Å². The number of carboxylic acid groups (broad SMARTS) is 1. The fourth-order valence-corrected chi connectivity index (χ4v) is 3.63. The van der Waals surface area contributed by atoms with Crippen molar-refractivity contribution in [3.05, 3.63) is 17.5 Å². The van der Waals surface area contributed by atoms with Crippen LogP contribution in [0.15, 0.2) is 21.7 Å². The third-order valence-electron chi connectivity index (χ3n) is 2.70. The monoisotopic (exact) mass is 334 g/mol. The van der Waals surface area contributed by atoms with Crippen LogP contribution < -0.4 is 4.72 Å². The molecule has 0 aliphatic rings. The number of rotatable bonds is 9. The molecule has 2 N–H and O–H groups in total. The largest absolute Gasteiger partial charge is 0.481 e. The second-order valence-electron chi connectivity index (χ2n) is 4.39. The van der Waals surface area contributed by atoms with Gasteiger partial charge in [-0.3, -0.25) is 9.59 Å². The summed E-state index contributed by atoms with van der Waals surface area (Å²) in [6, 6.07) is 3.13. The van der Waals surface area contributed by atoms with E-state index in [0.29, 0.717) is 13.0 Å². The summed E-state index contributed by atoms with van der Waals surface area (Å²) in [5, 5.41) is 10.2. The fraction of sp³-hybridized carbons (Fsp3) is 0.500. The normalized spacial score (nSPS) is 11.3. The number of amides is 1. The smallest absolute Gasteiger partial charge is 0.303 e. The predicted octanol–water partition coefficient (Wildman–Crippen LogP) is 0.740. The molecule has 1 aromatic rings. The van der Waals surface area contributed by atoms with Gasteiger partial charge in [-0.15, -0.1) is 11.3 Å². The molecule has 0 aliphatic carbocycles. The van der Waals surface area contributed by atoms with E-state index in [1.807, 2.05) is 0 Å². The van der Waals surface area contributed by atoms with Gasteiger partial charge < -0.3 is 10.0 Å². The molecule has 9 heteroatoms. The molecule has 1 amide bonds. The fourth-order valence-electron chi connectivity index (χ4n) is 1.56. The zero-order valence-electron chi connectivity index (χ0n) is 11.6. The van der Waals surface area contributed by atoms with Crippen LogP contribution in [0.4, 0.5) is 0 Å². The van der Waals surface area contributed by atoms with E-state index in [1.54, 1.807) is 18.5 Å². The third-order valence-corrected chi connectivity index (χ3v) is 5.56. The lowest BCUT2D eigenvalue weighted by atomic mass is 10.3. The zero-order valence-corrected chi connectivity index (χ0v) is 13.2. The molecule has 7 nitrogen and oxygen atoms in total. The minimum atomic E-state index is -3.55. The van der Waals surface area contributed by atoms with Crippen molar-refractivity contribution in [3.63, 3.8) is 0 Å². The van der Waals surface area contributed by atoms with Crippen molar-refractivity contribution in [2.24, 2.45) is 0 Å². The molecule has 1 rings (SSSR count). The van der Waals surface area contributed by atoms with E-state index in [-0.39, 0.29) is 29.5 Å². The Balaban J connectivity index is 2.31. The van der Waals surface area contributed by atoms with Crippen LogP contribution in [0, 0.1) is 0 Å².